The first-order chi connectivity index (χ1) is 11.2. The molecule has 0 saturated carbocycles. The number of carbonyl (C=O) groups is 1. The molecule has 0 radical (unpaired) electrons. The lowest BCUT2D eigenvalue weighted by Crippen LogP contribution is -2.16. The fraction of sp³-hybridized carbons (Fsp3) is 0.133. The molecule has 2 aromatic carbocycles. The monoisotopic (exact) mass is 356 g/mol. The summed E-state index contributed by atoms with van der Waals surface area (Å²) < 4.78 is 58.8. The van der Waals surface area contributed by atoms with Gasteiger partial charge in [0.2, 0.25) is 5.91 Å². The van der Waals surface area contributed by atoms with Crippen LogP contribution >= 0.6 is 0 Å². The van der Waals surface area contributed by atoms with Gasteiger partial charge in [-0.25, -0.2) is 17.2 Å². The molecule has 0 spiro atoms. The number of hydrogen-bond acceptors (Lipinski definition) is 4. The third-order valence-electron chi connectivity index (χ3n) is 2.99. The second kappa shape index (κ2) is 6.83. The van der Waals surface area contributed by atoms with Gasteiger partial charge in [-0.05, 0) is 30.3 Å². The lowest BCUT2D eigenvalue weighted by Gasteiger charge is -2.13. The summed E-state index contributed by atoms with van der Waals surface area (Å²) in [5.74, 6) is -2.29. The Bertz CT molecular complexity index is 865. The number of benzene rings is 2. The number of anilines is 2. The number of hydrogen-bond donors (Lipinski definition) is 2. The van der Waals surface area contributed by atoms with Crippen molar-refractivity contribution in [1.82, 2.24) is 0 Å². The molecule has 2 aromatic rings. The summed E-state index contributed by atoms with van der Waals surface area (Å²) >= 11 is 0. The van der Waals surface area contributed by atoms with Crippen molar-refractivity contribution in [3.05, 3.63) is 48.0 Å². The lowest BCUT2D eigenvalue weighted by atomic mass is 10.3. The second-order valence-electron chi connectivity index (χ2n) is 4.75. The molecule has 0 aliphatic rings. The van der Waals surface area contributed by atoms with Crippen LogP contribution in [0, 0.1) is 11.6 Å². The molecule has 2 N–H and O–H groups in total. The summed E-state index contributed by atoms with van der Waals surface area (Å²) in [5.41, 5.74) is -0.670. The minimum atomic E-state index is -4.28. The average Bonchev–Trinajstić information content (AvgIpc) is 2.50. The number of methoxy groups -OCH3 is 1. The molecule has 0 aliphatic carbocycles. The zero-order valence-corrected chi connectivity index (χ0v) is 13.6. The van der Waals surface area contributed by atoms with Gasteiger partial charge in [0.1, 0.15) is 23.1 Å². The summed E-state index contributed by atoms with van der Waals surface area (Å²) in [4.78, 5) is 10.9. The van der Waals surface area contributed by atoms with Crippen LogP contribution < -0.4 is 14.8 Å². The van der Waals surface area contributed by atoms with Crippen molar-refractivity contribution >= 4 is 27.3 Å². The molecule has 0 unspecified atom stereocenters. The maximum absolute atomic E-state index is 13.6. The molecule has 128 valence electrons. The summed E-state index contributed by atoms with van der Waals surface area (Å²) in [7, 11) is -2.93. The molecular weight excluding hydrogens is 342 g/mol. The Morgan fingerprint density at radius 1 is 1.12 bits per heavy atom. The van der Waals surface area contributed by atoms with E-state index in [2.05, 4.69) is 5.32 Å². The van der Waals surface area contributed by atoms with E-state index in [1.807, 2.05) is 4.72 Å². The topological polar surface area (TPSA) is 84.5 Å². The Morgan fingerprint density at radius 2 is 1.75 bits per heavy atom. The second-order valence-corrected chi connectivity index (χ2v) is 6.43. The van der Waals surface area contributed by atoms with Gasteiger partial charge >= 0.3 is 0 Å². The van der Waals surface area contributed by atoms with Crippen molar-refractivity contribution in [2.75, 3.05) is 17.1 Å². The van der Waals surface area contributed by atoms with Crippen molar-refractivity contribution in [3.63, 3.8) is 0 Å². The third kappa shape index (κ3) is 3.80. The van der Waals surface area contributed by atoms with Gasteiger partial charge in [0, 0.05) is 6.92 Å². The number of carbonyl (C=O) groups excluding carboxylic acids is 1. The van der Waals surface area contributed by atoms with E-state index < -0.39 is 33.3 Å². The van der Waals surface area contributed by atoms with Gasteiger partial charge in [0.25, 0.3) is 10.0 Å². The molecule has 24 heavy (non-hydrogen) atoms. The van der Waals surface area contributed by atoms with Crippen molar-refractivity contribution in [2.24, 2.45) is 0 Å². The SMILES string of the molecule is COc1ccc(S(=O)(=O)Nc2c(F)cccc2F)cc1NC(C)=O. The van der Waals surface area contributed by atoms with E-state index in [0.29, 0.717) is 0 Å². The number of amides is 1. The summed E-state index contributed by atoms with van der Waals surface area (Å²) in [6.45, 7) is 1.24. The minimum Gasteiger partial charge on any atom is -0.495 e. The van der Waals surface area contributed by atoms with E-state index in [9.17, 15) is 22.0 Å². The Balaban J connectivity index is 2.44. The minimum absolute atomic E-state index is 0.113. The molecule has 0 aliphatic heterocycles. The van der Waals surface area contributed by atoms with E-state index in [1.54, 1.807) is 0 Å². The first-order valence-electron chi connectivity index (χ1n) is 6.67. The van der Waals surface area contributed by atoms with Crippen LogP contribution in [-0.2, 0) is 14.8 Å². The van der Waals surface area contributed by atoms with Crippen LogP contribution in [-0.4, -0.2) is 21.4 Å². The van der Waals surface area contributed by atoms with Gasteiger partial charge in [-0.15, -0.1) is 0 Å². The predicted molar refractivity (Wildman–Crippen MR) is 84.5 cm³/mol. The van der Waals surface area contributed by atoms with Crippen molar-refractivity contribution < 1.29 is 26.7 Å². The van der Waals surface area contributed by atoms with E-state index >= 15 is 0 Å². The lowest BCUT2D eigenvalue weighted by molar-refractivity contribution is -0.114. The molecule has 6 nitrogen and oxygen atoms in total. The molecule has 0 atom stereocenters. The van der Waals surface area contributed by atoms with Crippen molar-refractivity contribution in [2.45, 2.75) is 11.8 Å². The van der Waals surface area contributed by atoms with Crippen LogP contribution in [0.1, 0.15) is 6.92 Å². The Hall–Kier alpha value is -2.68. The molecule has 1 amide bonds. The van der Waals surface area contributed by atoms with Crippen LogP contribution in [0.25, 0.3) is 0 Å². The van der Waals surface area contributed by atoms with Crippen LogP contribution in [0.5, 0.6) is 5.75 Å². The molecule has 9 heteroatoms. The fourth-order valence-electron chi connectivity index (χ4n) is 1.93. The van der Waals surface area contributed by atoms with Crippen LogP contribution in [0.4, 0.5) is 20.2 Å². The summed E-state index contributed by atoms with van der Waals surface area (Å²) in [6, 6.07) is 6.60. The fourth-order valence-corrected chi connectivity index (χ4v) is 3.03. The average molecular weight is 356 g/mol. The van der Waals surface area contributed by atoms with E-state index in [0.717, 1.165) is 24.3 Å². The summed E-state index contributed by atoms with van der Waals surface area (Å²) in [5, 5.41) is 2.42. The predicted octanol–water partition coefficient (Wildman–Crippen LogP) is 2.73. The van der Waals surface area contributed by atoms with Crippen LogP contribution in [0.15, 0.2) is 41.3 Å². The Kier molecular flexibility index (Phi) is 5.03. The highest BCUT2D eigenvalue weighted by Crippen LogP contribution is 2.29. The molecule has 0 saturated heterocycles. The van der Waals surface area contributed by atoms with Gasteiger partial charge < -0.3 is 10.1 Å². The van der Waals surface area contributed by atoms with Gasteiger partial charge in [-0.3, -0.25) is 9.52 Å². The van der Waals surface area contributed by atoms with Gasteiger partial charge in [0.15, 0.2) is 0 Å². The highest BCUT2D eigenvalue weighted by atomic mass is 32.2. The Labute approximate surface area is 137 Å². The highest BCUT2D eigenvalue weighted by molar-refractivity contribution is 7.92. The highest BCUT2D eigenvalue weighted by Gasteiger charge is 2.20. The smallest absolute Gasteiger partial charge is 0.262 e. The number of rotatable bonds is 5. The summed E-state index contributed by atoms with van der Waals surface area (Å²) in [6.07, 6.45) is 0. The number of ether oxygens (including phenoxy) is 1. The van der Waals surface area contributed by atoms with E-state index in [4.69, 9.17) is 4.74 Å². The number of halogens is 2. The largest absolute Gasteiger partial charge is 0.495 e. The van der Waals surface area contributed by atoms with Crippen molar-refractivity contribution in [3.8, 4) is 5.75 Å². The maximum Gasteiger partial charge on any atom is 0.262 e. The van der Waals surface area contributed by atoms with Gasteiger partial charge in [-0.2, -0.15) is 0 Å². The zero-order chi connectivity index (χ0) is 17.9. The zero-order valence-electron chi connectivity index (χ0n) is 12.8. The Morgan fingerprint density at radius 3 is 2.29 bits per heavy atom. The van der Waals surface area contributed by atoms with Crippen LogP contribution in [0.3, 0.4) is 0 Å². The molecule has 0 aromatic heterocycles. The standard InChI is InChI=1S/C15H14F2N2O4S/c1-9(20)18-13-8-10(6-7-14(13)23-2)24(21,22)19-15-11(16)4-3-5-12(15)17/h3-8,19H,1-2H3,(H,18,20). The third-order valence-corrected chi connectivity index (χ3v) is 4.34. The van der Waals surface area contributed by atoms with E-state index in [1.165, 1.54) is 26.2 Å². The normalized spacial score (nSPS) is 11.0. The molecule has 2 rings (SSSR count). The number of nitrogens with one attached hydrogen (secondary N) is 2. The molecular formula is C15H14F2N2O4S. The maximum atomic E-state index is 13.6. The quantitative estimate of drug-likeness (QED) is 0.863. The van der Waals surface area contributed by atoms with Crippen LogP contribution in [0.2, 0.25) is 0 Å². The first-order valence-corrected chi connectivity index (χ1v) is 8.15. The molecule has 0 heterocycles. The molecule has 0 fully saturated rings. The number of sulfonamides is 1. The molecule has 0 bridgehead atoms. The van der Waals surface area contributed by atoms with Gasteiger partial charge in [0.05, 0.1) is 17.7 Å². The first kappa shape index (κ1) is 17.7. The van der Waals surface area contributed by atoms with E-state index in [-0.39, 0.29) is 16.3 Å². The van der Waals surface area contributed by atoms with Crippen molar-refractivity contribution in [1.29, 1.82) is 0 Å². The van der Waals surface area contributed by atoms with Gasteiger partial charge in [-0.1, -0.05) is 6.07 Å². The number of para-hydroxylation sites is 1.